The van der Waals surface area contributed by atoms with Gasteiger partial charge in [-0.15, -0.1) is 0 Å². The molecule has 0 aliphatic carbocycles. The van der Waals surface area contributed by atoms with Crippen LogP contribution in [0.5, 0.6) is 0 Å². The highest BCUT2D eigenvalue weighted by molar-refractivity contribution is 7.22. The van der Waals surface area contributed by atoms with Crippen LogP contribution >= 0.6 is 11.3 Å². The van der Waals surface area contributed by atoms with Gasteiger partial charge in [-0.2, -0.15) is 5.10 Å². The first-order valence-corrected chi connectivity index (χ1v) is 10.4. The molecule has 4 nitrogen and oxygen atoms in total. The van der Waals surface area contributed by atoms with Crippen molar-refractivity contribution in [2.24, 2.45) is 5.10 Å². The molecular weight excluding hydrogens is 376 g/mol. The zero-order valence-corrected chi connectivity index (χ0v) is 16.9. The van der Waals surface area contributed by atoms with Crippen LogP contribution < -0.4 is 5.43 Å². The van der Waals surface area contributed by atoms with E-state index in [1.165, 1.54) is 22.0 Å². The van der Waals surface area contributed by atoms with Gasteiger partial charge in [-0.3, -0.25) is 5.43 Å². The lowest BCUT2D eigenvalue weighted by molar-refractivity contribution is 0.830. The van der Waals surface area contributed by atoms with Gasteiger partial charge < -0.3 is 4.57 Å². The summed E-state index contributed by atoms with van der Waals surface area (Å²) in [6, 6.07) is 25.1. The van der Waals surface area contributed by atoms with Crippen molar-refractivity contribution in [2.45, 2.75) is 13.5 Å². The quantitative estimate of drug-likeness (QED) is 0.290. The number of thiazole rings is 1. The summed E-state index contributed by atoms with van der Waals surface area (Å²) >= 11 is 1.60. The average molecular weight is 397 g/mol. The Balaban J connectivity index is 1.44. The molecule has 0 aliphatic rings. The van der Waals surface area contributed by atoms with Gasteiger partial charge in [-0.25, -0.2) is 4.98 Å². The Labute approximate surface area is 173 Å². The van der Waals surface area contributed by atoms with Gasteiger partial charge in [0.1, 0.15) is 0 Å². The number of anilines is 1. The largest absolute Gasteiger partial charge is 0.342 e. The minimum atomic E-state index is 0.797. The second-order valence-corrected chi connectivity index (χ2v) is 8.04. The standard InChI is InChI=1S/C24H20N4S/c1-17-8-2-3-9-18(17)15-28-16-19(20-10-4-6-12-22(20)28)14-25-27-24-26-21-11-5-7-13-23(21)29-24/h2-14,16H,15H2,1H3,(H,26,27)/b25-14+. The van der Waals surface area contributed by atoms with E-state index in [9.17, 15) is 0 Å². The van der Waals surface area contributed by atoms with E-state index in [-0.39, 0.29) is 0 Å². The Kier molecular flexibility index (Phi) is 4.58. The maximum Gasteiger partial charge on any atom is 0.204 e. The molecule has 5 aromatic rings. The van der Waals surface area contributed by atoms with E-state index in [1.807, 2.05) is 24.4 Å². The Morgan fingerprint density at radius 3 is 2.69 bits per heavy atom. The average Bonchev–Trinajstić information content (AvgIpc) is 3.31. The van der Waals surface area contributed by atoms with Crippen molar-refractivity contribution in [2.75, 3.05) is 5.43 Å². The van der Waals surface area contributed by atoms with Crippen molar-refractivity contribution in [1.82, 2.24) is 9.55 Å². The first-order chi connectivity index (χ1) is 14.3. The van der Waals surface area contributed by atoms with Gasteiger partial charge in [0.05, 0.1) is 16.4 Å². The van der Waals surface area contributed by atoms with Crippen LogP contribution in [0.15, 0.2) is 84.1 Å². The first-order valence-electron chi connectivity index (χ1n) is 9.55. The highest BCUT2D eigenvalue weighted by Gasteiger charge is 2.08. The van der Waals surface area contributed by atoms with Crippen LogP contribution in [0.2, 0.25) is 0 Å². The highest BCUT2D eigenvalue weighted by atomic mass is 32.1. The smallest absolute Gasteiger partial charge is 0.204 e. The summed E-state index contributed by atoms with van der Waals surface area (Å²) in [5.41, 5.74) is 8.99. The van der Waals surface area contributed by atoms with Gasteiger partial charge in [0, 0.05) is 29.2 Å². The summed E-state index contributed by atoms with van der Waals surface area (Å²) in [6.45, 7) is 3.00. The molecule has 0 spiro atoms. The molecule has 2 heterocycles. The lowest BCUT2D eigenvalue weighted by Crippen LogP contribution is -1.99. The van der Waals surface area contributed by atoms with Crippen LogP contribution in [0.25, 0.3) is 21.1 Å². The lowest BCUT2D eigenvalue weighted by atomic mass is 10.1. The molecule has 2 aromatic heterocycles. The zero-order valence-electron chi connectivity index (χ0n) is 16.0. The predicted molar refractivity (Wildman–Crippen MR) is 123 cm³/mol. The van der Waals surface area contributed by atoms with Crippen molar-refractivity contribution in [3.63, 3.8) is 0 Å². The number of benzene rings is 3. The van der Waals surface area contributed by atoms with Gasteiger partial charge in [0.15, 0.2) is 0 Å². The Bertz CT molecular complexity index is 1300. The third-order valence-electron chi connectivity index (χ3n) is 5.08. The Morgan fingerprint density at radius 1 is 1.00 bits per heavy atom. The molecular formula is C24H20N4S. The third-order valence-corrected chi connectivity index (χ3v) is 6.02. The second-order valence-electron chi connectivity index (χ2n) is 7.01. The monoisotopic (exact) mass is 396 g/mol. The fourth-order valence-corrected chi connectivity index (χ4v) is 4.37. The Morgan fingerprint density at radius 2 is 1.79 bits per heavy atom. The van der Waals surface area contributed by atoms with Crippen molar-refractivity contribution < 1.29 is 0 Å². The van der Waals surface area contributed by atoms with E-state index >= 15 is 0 Å². The number of aryl methyl sites for hydroxylation is 1. The summed E-state index contributed by atoms with van der Waals surface area (Å²) in [5, 5.41) is 6.44. The molecule has 0 aliphatic heterocycles. The maximum absolute atomic E-state index is 4.57. The van der Waals surface area contributed by atoms with Gasteiger partial charge in [0.2, 0.25) is 5.13 Å². The molecule has 1 N–H and O–H groups in total. The summed E-state index contributed by atoms with van der Waals surface area (Å²) < 4.78 is 3.44. The Hall–Kier alpha value is -3.44. The van der Waals surface area contributed by atoms with Gasteiger partial charge >= 0.3 is 0 Å². The molecule has 0 atom stereocenters. The summed E-state index contributed by atoms with van der Waals surface area (Å²) in [7, 11) is 0. The van der Waals surface area contributed by atoms with Gasteiger partial charge in [0.25, 0.3) is 0 Å². The van der Waals surface area contributed by atoms with Crippen LogP contribution in [0.3, 0.4) is 0 Å². The molecule has 142 valence electrons. The number of nitrogens with zero attached hydrogens (tertiary/aromatic N) is 3. The first kappa shape index (κ1) is 17.6. The van der Waals surface area contributed by atoms with Gasteiger partial charge in [-0.1, -0.05) is 65.9 Å². The van der Waals surface area contributed by atoms with Crippen LogP contribution in [-0.2, 0) is 6.54 Å². The van der Waals surface area contributed by atoms with Crippen LogP contribution in [-0.4, -0.2) is 15.8 Å². The molecule has 5 rings (SSSR count). The van der Waals surface area contributed by atoms with E-state index in [0.29, 0.717) is 0 Å². The number of rotatable bonds is 5. The minimum absolute atomic E-state index is 0.797. The van der Waals surface area contributed by atoms with Crippen molar-refractivity contribution in [3.8, 4) is 0 Å². The van der Waals surface area contributed by atoms with Crippen LogP contribution in [0.1, 0.15) is 16.7 Å². The molecule has 0 bridgehead atoms. The molecule has 29 heavy (non-hydrogen) atoms. The summed E-state index contributed by atoms with van der Waals surface area (Å²) in [4.78, 5) is 4.57. The lowest BCUT2D eigenvalue weighted by Gasteiger charge is -2.08. The van der Waals surface area contributed by atoms with E-state index < -0.39 is 0 Å². The summed E-state index contributed by atoms with van der Waals surface area (Å²) in [6.07, 6.45) is 4.05. The fourth-order valence-electron chi connectivity index (χ4n) is 3.56. The van der Waals surface area contributed by atoms with E-state index in [2.05, 4.69) is 87.8 Å². The number of aromatic nitrogens is 2. The molecule has 0 radical (unpaired) electrons. The number of hydrogen-bond acceptors (Lipinski definition) is 4. The number of hydrogen-bond donors (Lipinski definition) is 1. The summed E-state index contributed by atoms with van der Waals surface area (Å²) in [5.74, 6) is 0. The van der Waals surface area contributed by atoms with Crippen molar-refractivity contribution in [1.29, 1.82) is 0 Å². The molecule has 0 unspecified atom stereocenters. The van der Waals surface area contributed by atoms with Crippen molar-refractivity contribution >= 4 is 43.8 Å². The topological polar surface area (TPSA) is 42.2 Å². The van der Waals surface area contributed by atoms with Crippen LogP contribution in [0, 0.1) is 6.92 Å². The molecule has 5 heteroatoms. The number of hydrazone groups is 1. The van der Waals surface area contributed by atoms with Gasteiger partial charge in [-0.05, 0) is 36.2 Å². The molecule has 3 aromatic carbocycles. The van der Waals surface area contributed by atoms with E-state index in [4.69, 9.17) is 0 Å². The highest BCUT2D eigenvalue weighted by Crippen LogP contribution is 2.26. The molecule has 0 amide bonds. The van der Waals surface area contributed by atoms with E-state index in [0.717, 1.165) is 27.5 Å². The normalized spacial score (nSPS) is 11.6. The maximum atomic E-state index is 4.57. The number of para-hydroxylation sites is 2. The van der Waals surface area contributed by atoms with E-state index in [1.54, 1.807) is 11.3 Å². The van der Waals surface area contributed by atoms with Crippen molar-refractivity contribution in [3.05, 3.63) is 95.7 Å². The number of fused-ring (bicyclic) bond motifs is 2. The van der Waals surface area contributed by atoms with Crippen LogP contribution in [0.4, 0.5) is 5.13 Å². The SMILES string of the molecule is Cc1ccccc1Cn1cc(/C=N/Nc2nc3ccccc3s2)c2ccccc21. The predicted octanol–water partition coefficient (Wildman–Crippen LogP) is 6.05. The second kappa shape index (κ2) is 7.53. The number of nitrogens with one attached hydrogen (secondary N) is 1. The fraction of sp³-hybridized carbons (Fsp3) is 0.0833. The minimum Gasteiger partial charge on any atom is -0.342 e. The molecule has 0 saturated heterocycles. The molecule has 0 fully saturated rings. The third kappa shape index (κ3) is 3.52. The zero-order chi connectivity index (χ0) is 19.6. The molecule has 0 saturated carbocycles.